The SMILES string of the molecule is Cn1c(=O)c(C(=O)CCC(=O)O)c(O)c2cc(C(=O)O)c(F)c(F)c21. The highest BCUT2D eigenvalue weighted by Crippen LogP contribution is 2.31. The smallest absolute Gasteiger partial charge is 0.338 e. The lowest BCUT2D eigenvalue weighted by Gasteiger charge is -2.13. The third-order valence-electron chi connectivity index (χ3n) is 3.60. The number of aliphatic carboxylic acids is 1. The van der Waals surface area contributed by atoms with E-state index in [-0.39, 0.29) is 0 Å². The van der Waals surface area contributed by atoms with Gasteiger partial charge in [-0.1, -0.05) is 0 Å². The second-order valence-corrected chi connectivity index (χ2v) is 5.16. The number of ketones is 1. The minimum Gasteiger partial charge on any atom is -0.506 e. The molecule has 0 saturated heterocycles. The number of Topliss-reactive ketones (excluding diaryl/α,β-unsaturated/α-hetero) is 1. The number of benzene rings is 1. The molecule has 1 heterocycles. The molecule has 25 heavy (non-hydrogen) atoms. The first-order chi connectivity index (χ1) is 11.6. The summed E-state index contributed by atoms with van der Waals surface area (Å²) in [4.78, 5) is 45.8. The molecule has 8 nitrogen and oxygen atoms in total. The first-order valence-electron chi connectivity index (χ1n) is 6.79. The van der Waals surface area contributed by atoms with Gasteiger partial charge in [-0.3, -0.25) is 14.4 Å². The van der Waals surface area contributed by atoms with Crippen LogP contribution in [0.5, 0.6) is 5.75 Å². The van der Waals surface area contributed by atoms with Crippen LogP contribution in [0.15, 0.2) is 10.9 Å². The first kappa shape index (κ1) is 18.0. The van der Waals surface area contributed by atoms with Gasteiger partial charge in [0.05, 0.1) is 17.5 Å². The number of hydrogen-bond acceptors (Lipinski definition) is 5. The topological polar surface area (TPSA) is 134 Å². The van der Waals surface area contributed by atoms with Gasteiger partial charge in [-0.25, -0.2) is 13.6 Å². The van der Waals surface area contributed by atoms with Crippen molar-refractivity contribution in [1.29, 1.82) is 0 Å². The number of carbonyl (C=O) groups is 3. The Balaban J connectivity index is 2.86. The van der Waals surface area contributed by atoms with Gasteiger partial charge in [0, 0.05) is 18.9 Å². The van der Waals surface area contributed by atoms with E-state index in [1.807, 2.05) is 0 Å². The van der Waals surface area contributed by atoms with E-state index in [2.05, 4.69) is 0 Å². The minimum atomic E-state index is -1.81. The van der Waals surface area contributed by atoms with Crippen LogP contribution in [0.4, 0.5) is 8.78 Å². The number of aromatic hydroxyl groups is 1. The van der Waals surface area contributed by atoms with Crippen LogP contribution in [0.1, 0.15) is 33.6 Å². The Morgan fingerprint density at radius 3 is 2.24 bits per heavy atom. The summed E-state index contributed by atoms with van der Waals surface area (Å²) >= 11 is 0. The van der Waals surface area contributed by atoms with Crippen LogP contribution >= 0.6 is 0 Å². The van der Waals surface area contributed by atoms with Crippen LogP contribution in [0, 0.1) is 11.6 Å². The fourth-order valence-corrected chi connectivity index (χ4v) is 2.38. The maximum atomic E-state index is 14.2. The van der Waals surface area contributed by atoms with E-state index < -0.39 is 75.5 Å². The molecule has 0 aliphatic carbocycles. The highest BCUT2D eigenvalue weighted by molar-refractivity contribution is 6.05. The van der Waals surface area contributed by atoms with Crippen molar-refractivity contribution in [2.24, 2.45) is 7.05 Å². The molecule has 0 bridgehead atoms. The Hall–Kier alpha value is -3.30. The monoisotopic (exact) mass is 355 g/mol. The lowest BCUT2D eigenvalue weighted by Crippen LogP contribution is -2.26. The molecule has 2 aromatic rings. The van der Waals surface area contributed by atoms with Crippen molar-refractivity contribution in [3.63, 3.8) is 0 Å². The van der Waals surface area contributed by atoms with E-state index in [0.29, 0.717) is 10.6 Å². The number of aromatic carboxylic acids is 1. The third-order valence-corrected chi connectivity index (χ3v) is 3.60. The Kier molecular flexibility index (Phi) is 4.55. The van der Waals surface area contributed by atoms with Crippen LogP contribution in [0.25, 0.3) is 10.9 Å². The van der Waals surface area contributed by atoms with E-state index in [1.54, 1.807) is 0 Å². The van der Waals surface area contributed by atoms with E-state index >= 15 is 0 Å². The molecular formula is C15H11F2NO7. The summed E-state index contributed by atoms with van der Waals surface area (Å²) < 4.78 is 28.5. The molecule has 0 unspecified atom stereocenters. The van der Waals surface area contributed by atoms with Gasteiger partial charge in [0.2, 0.25) is 0 Å². The molecule has 0 amide bonds. The van der Waals surface area contributed by atoms with Gasteiger partial charge >= 0.3 is 11.9 Å². The summed E-state index contributed by atoms with van der Waals surface area (Å²) in [6.07, 6.45) is -1.23. The lowest BCUT2D eigenvalue weighted by molar-refractivity contribution is -0.136. The number of carbonyl (C=O) groups excluding carboxylic acids is 1. The minimum absolute atomic E-state index is 0.549. The summed E-state index contributed by atoms with van der Waals surface area (Å²) in [5.41, 5.74) is -3.80. The number of fused-ring (bicyclic) bond motifs is 1. The van der Waals surface area contributed by atoms with E-state index in [0.717, 1.165) is 7.05 Å². The molecule has 1 aromatic carbocycles. The van der Waals surface area contributed by atoms with Crippen molar-refractivity contribution < 1.29 is 38.5 Å². The van der Waals surface area contributed by atoms with Crippen LogP contribution in [0.3, 0.4) is 0 Å². The van der Waals surface area contributed by atoms with Gasteiger partial charge in [0.25, 0.3) is 5.56 Å². The summed E-state index contributed by atoms with van der Waals surface area (Å²) in [6.45, 7) is 0. The van der Waals surface area contributed by atoms with Gasteiger partial charge in [-0.05, 0) is 6.07 Å². The zero-order valence-corrected chi connectivity index (χ0v) is 12.7. The highest BCUT2D eigenvalue weighted by atomic mass is 19.2. The number of rotatable bonds is 5. The maximum Gasteiger partial charge on any atom is 0.338 e. The standard InChI is InChI=1S/C15H11F2NO7/c1-18-12-6(4-5(15(24)25)10(16)11(12)17)13(22)9(14(18)23)7(19)2-3-8(20)21/h4,22H,2-3H2,1H3,(H,20,21)(H,24,25). The molecule has 1 aromatic heterocycles. The maximum absolute atomic E-state index is 14.2. The average Bonchev–Trinajstić information content (AvgIpc) is 2.53. The normalized spacial score (nSPS) is 10.8. The summed E-state index contributed by atoms with van der Waals surface area (Å²) in [5, 5.41) is 27.1. The fourth-order valence-electron chi connectivity index (χ4n) is 2.38. The molecule has 0 radical (unpaired) electrons. The van der Waals surface area contributed by atoms with Crippen molar-refractivity contribution >= 4 is 28.6 Å². The number of halogens is 2. The predicted molar refractivity (Wildman–Crippen MR) is 78.9 cm³/mol. The highest BCUT2D eigenvalue weighted by Gasteiger charge is 2.27. The average molecular weight is 355 g/mol. The molecule has 3 N–H and O–H groups in total. The fraction of sp³-hybridized carbons (Fsp3) is 0.200. The van der Waals surface area contributed by atoms with Crippen molar-refractivity contribution in [3.8, 4) is 5.75 Å². The number of carboxylic acid groups (broad SMARTS) is 2. The number of hydrogen-bond donors (Lipinski definition) is 3. The lowest BCUT2D eigenvalue weighted by atomic mass is 10.0. The summed E-state index contributed by atoms with van der Waals surface area (Å²) in [6, 6.07) is 0.596. The second kappa shape index (κ2) is 6.30. The van der Waals surface area contributed by atoms with Crippen LogP contribution in [0.2, 0.25) is 0 Å². The third kappa shape index (κ3) is 2.93. The molecule has 2 rings (SSSR count). The van der Waals surface area contributed by atoms with Crippen LogP contribution < -0.4 is 5.56 Å². The Morgan fingerprint density at radius 2 is 1.72 bits per heavy atom. The number of aryl methyl sites for hydroxylation is 1. The summed E-state index contributed by atoms with van der Waals surface area (Å²) in [5.74, 6) is -8.58. The van der Waals surface area contributed by atoms with Crippen molar-refractivity contribution in [2.45, 2.75) is 12.8 Å². The molecule has 0 spiro atoms. The van der Waals surface area contributed by atoms with E-state index in [9.17, 15) is 33.1 Å². The molecule has 0 fully saturated rings. The van der Waals surface area contributed by atoms with Crippen molar-refractivity contribution in [2.75, 3.05) is 0 Å². The van der Waals surface area contributed by atoms with Gasteiger partial charge in [0.1, 0.15) is 11.3 Å². The molecule has 10 heteroatoms. The molecule has 132 valence electrons. The number of aromatic nitrogens is 1. The van der Waals surface area contributed by atoms with Crippen molar-refractivity contribution in [3.05, 3.63) is 39.2 Å². The molecule has 0 saturated carbocycles. The molecular weight excluding hydrogens is 344 g/mol. The quantitative estimate of drug-likeness (QED) is 0.688. The zero-order valence-electron chi connectivity index (χ0n) is 12.7. The zero-order chi connectivity index (χ0) is 19.0. The largest absolute Gasteiger partial charge is 0.506 e. The Morgan fingerprint density at radius 1 is 1.12 bits per heavy atom. The molecule has 0 aliphatic heterocycles. The number of nitrogens with zero attached hydrogens (tertiary/aromatic N) is 1. The number of carboxylic acids is 2. The Labute approximate surface area is 137 Å². The predicted octanol–water partition coefficient (Wildman–Crippen LogP) is 1.27. The Bertz CT molecular complexity index is 994. The molecule has 0 atom stereocenters. The van der Waals surface area contributed by atoms with E-state index in [1.165, 1.54) is 0 Å². The van der Waals surface area contributed by atoms with E-state index in [4.69, 9.17) is 10.2 Å². The number of pyridine rings is 1. The van der Waals surface area contributed by atoms with Crippen LogP contribution in [-0.2, 0) is 11.8 Å². The van der Waals surface area contributed by atoms with Gasteiger partial charge in [-0.2, -0.15) is 0 Å². The molecule has 0 aliphatic rings. The second-order valence-electron chi connectivity index (χ2n) is 5.16. The van der Waals surface area contributed by atoms with Gasteiger partial charge < -0.3 is 19.9 Å². The van der Waals surface area contributed by atoms with Gasteiger partial charge in [-0.15, -0.1) is 0 Å². The van der Waals surface area contributed by atoms with Crippen LogP contribution in [-0.4, -0.2) is 37.6 Å². The first-order valence-corrected chi connectivity index (χ1v) is 6.79. The van der Waals surface area contributed by atoms with Gasteiger partial charge in [0.15, 0.2) is 17.4 Å². The van der Waals surface area contributed by atoms with Crippen molar-refractivity contribution in [1.82, 2.24) is 4.57 Å². The summed E-state index contributed by atoms with van der Waals surface area (Å²) in [7, 11) is 1.00.